The number of nitrogens with one attached hydrogen (secondary N) is 1. The molecule has 0 aromatic carbocycles. The molecule has 0 unspecified atom stereocenters. The first-order valence-corrected chi connectivity index (χ1v) is 5.54. The fourth-order valence-corrected chi connectivity index (χ4v) is 1.56. The van der Waals surface area contributed by atoms with Gasteiger partial charge in [0.05, 0.1) is 5.69 Å². The van der Waals surface area contributed by atoms with Crippen molar-refractivity contribution in [2.75, 3.05) is 5.32 Å². The highest BCUT2D eigenvalue weighted by Crippen LogP contribution is 2.18. The van der Waals surface area contributed by atoms with Crippen molar-refractivity contribution in [3.8, 4) is 0 Å². The highest BCUT2D eigenvalue weighted by atomic mass is 16.4. The van der Waals surface area contributed by atoms with E-state index in [9.17, 15) is 4.79 Å². The average Bonchev–Trinajstić information content (AvgIpc) is 2.25. The van der Waals surface area contributed by atoms with E-state index in [1.165, 1.54) is 6.20 Å². The summed E-state index contributed by atoms with van der Waals surface area (Å²) in [6.07, 6.45) is 3.34. The normalized spacial score (nSPS) is 10.5. The van der Waals surface area contributed by atoms with Gasteiger partial charge in [-0.25, -0.2) is 4.79 Å². The minimum Gasteiger partial charge on any atom is -0.478 e. The van der Waals surface area contributed by atoms with Crippen LogP contribution in [0.15, 0.2) is 12.3 Å². The molecule has 0 atom stereocenters. The second-order valence-corrected chi connectivity index (χ2v) is 3.83. The largest absolute Gasteiger partial charge is 0.478 e. The van der Waals surface area contributed by atoms with Crippen molar-refractivity contribution >= 4 is 11.7 Å². The first-order chi connectivity index (χ1) is 7.58. The van der Waals surface area contributed by atoms with Crippen LogP contribution in [0.2, 0.25) is 0 Å². The second kappa shape index (κ2) is 5.49. The summed E-state index contributed by atoms with van der Waals surface area (Å²) < 4.78 is 0. The maximum atomic E-state index is 11.0. The number of rotatable bonds is 5. The van der Waals surface area contributed by atoms with Crippen LogP contribution in [-0.4, -0.2) is 22.1 Å². The van der Waals surface area contributed by atoms with Crippen molar-refractivity contribution in [2.45, 2.75) is 39.7 Å². The Labute approximate surface area is 95.7 Å². The predicted molar refractivity (Wildman–Crippen MR) is 63.9 cm³/mol. The molecule has 0 saturated heterocycles. The molecule has 0 saturated carbocycles. The lowest BCUT2D eigenvalue weighted by Crippen LogP contribution is -2.19. The van der Waals surface area contributed by atoms with Crippen LogP contribution >= 0.6 is 0 Å². The maximum absolute atomic E-state index is 11.0. The van der Waals surface area contributed by atoms with E-state index >= 15 is 0 Å². The second-order valence-electron chi connectivity index (χ2n) is 3.83. The summed E-state index contributed by atoms with van der Waals surface area (Å²) in [6, 6.07) is 2.08. The van der Waals surface area contributed by atoms with Crippen molar-refractivity contribution < 1.29 is 9.90 Å². The van der Waals surface area contributed by atoms with Crippen LogP contribution in [0.3, 0.4) is 0 Å². The molecule has 16 heavy (non-hydrogen) atoms. The van der Waals surface area contributed by atoms with E-state index in [1.54, 1.807) is 6.07 Å². The summed E-state index contributed by atoms with van der Waals surface area (Å²) in [7, 11) is 0. The molecule has 4 nitrogen and oxygen atoms in total. The number of hydrogen-bond acceptors (Lipinski definition) is 3. The number of carboxylic acid groups (broad SMARTS) is 1. The number of aromatic nitrogens is 1. The quantitative estimate of drug-likeness (QED) is 0.804. The third-order valence-electron chi connectivity index (χ3n) is 2.62. The lowest BCUT2D eigenvalue weighted by atomic mass is 10.1. The Kier molecular flexibility index (Phi) is 4.28. The number of hydrogen-bond donors (Lipinski definition) is 2. The lowest BCUT2D eigenvalue weighted by Gasteiger charge is -2.17. The van der Waals surface area contributed by atoms with Crippen molar-refractivity contribution in [1.82, 2.24) is 4.98 Å². The molecule has 1 rings (SSSR count). The van der Waals surface area contributed by atoms with Gasteiger partial charge in [0.1, 0.15) is 5.56 Å². The fraction of sp³-hybridized carbons (Fsp3) is 0.500. The molecule has 1 aromatic heterocycles. The van der Waals surface area contributed by atoms with Gasteiger partial charge in [-0.3, -0.25) is 4.98 Å². The Hall–Kier alpha value is -1.58. The zero-order valence-corrected chi connectivity index (χ0v) is 9.95. The van der Waals surface area contributed by atoms with Gasteiger partial charge in [-0.1, -0.05) is 13.8 Å². The van der Waals surface area contributed by atoms with Crippen LogP contribution in [0, 0.1) is 6.92 Å². The third kappa shape index (κ3) is 2.95. The molecule has 2 N–H and O–H groups in total. The minimum absolute atomic E-state index is 0.234. The number of anilines is 1. The van der Waals surface area contributed by atoms with Crippen molar-refractivity contribution in [3.05, 3.63) is 23.5 Å². The minimum atomic E-state index is -0.944. The van der Waals surface area contributed by atoms with Gasteiger partial charge < -0.3 is 10.4 Å². The molecule has 0 radical (unpaired) electrons. The van der Waals surface area contributed by atoms with E-state index < -0.39 is 5.97 Å². The molecule has 0 aliphatic carbocycles. The highest BCUT2D eigenvalue weighted by Gasteiger charge is 2.13. The van der Waals surface area contributed by atoms with Gasteiger partial charge in [-0.2, -0.15) is 0 Å². The summed E-state index contributed by atoms with van der Waals surface area (Å²) in [4.78, 5) is 15.0. The van der Waals surface area contributed by atoms with E-state index in [-0.39, 0.29) is 5.56 Å². The molecular formula is C12H18N2O2. The molecule has 0 aliphatic rings. The monoisotopic (exact) mass is 222 g/mol. The first-order valence-electron chi connectivity index (χ1n) is 5.54. The van der Waals surface area contributed by atoms with Crippen LogP contribution in [0.5, 0.6) is 0 Å². The zero-order chi connectivity index (χ0) is 12.1. The van der Waals surface area contributed by atoms with Gasteiger partial charge >= 0.3 is 5.97 Å². The number of aryl methyl sites for hydroxylation is 1. The first kappa shape index (κ1) is 12.5. The average molecular weight is 222 g/mol. The van der Waals surface area contributed by atoms with Gasteiger partial charge in [-0.05, 0) is 25.8 Å². The van der Waals surface area contributed by atoms with Crippen molar-refractivity contribution in [3.63, 3.8) is 0 Å². The molecule has 88 valence electrons. The molecular weight excluding hydrogens is 204 g/mol. The zero-order valence-electron chi connectivity index (χ0n) is 9.95. The smallest absolute Gasteiger partial charge is 0.339 e. The number of carboxylic acids is 1. The van der Waals surface area contributed by atoms with Crippen LogP contribution in [-0.2, 0) is 0 Å². The molecule has 0 spiro atoms. The van der Waals surface area contributed by atoms with E-state index in [2.05, 4.69) is 24.1 Å². The summed E-state index contributed by atoms with van der Waals surface area (Å²) >= 11 is 0. The van der Waals surface area contributed by atoms with Gasteiger partial charge in [-0.15, -0.1) is 0 Å². The number of pyridine rings is 1. The maximum Gasteiger partial charge on any atom is 0.339 e. The topological polar surface area (TPSA) is 62.2 Å². The van der Waals surface area contributed by atoms with E-state index in [0.29, 0.717) is 11.7 Å². The van der Waals surface area contributed by atoms with Crippen LogP contribution in [0.1, 0.15) is 42.7 Å². The number of aromatic carboxylic acids is 1. The molecule has 0 bridgehead atoms. The Morgan fingerprint density at radius 3 is 2.62 bits per heavy atom. The third-order valence-corrected chi connectivity index (χ3v) is 2.62. The Balaban J connectivity index is 3.00. The van der Waals surface area contributed by atoms with Gasteiger partial charge in [0, 0.05) is 17.9 Å². The summed E-state index contributed by atoms with van der Waals surface area (Å²) in [6.45, 7) is 6.01. The predicted octanol–water partition coefficient (Wildman–Crippen LogP) is 2.69. The summed E-state index contributed by atoms with van der Waals surface area (Å²) in [5.74, 6) is -0.944. The molecule has 4 heteroatoms. The van der Waals surface area contributed by atoms with Gasteiger partial charge in [0.2, 0.25) is 0 Å². The fourth-order valence-electron chi connectivity index (χ4n) is 1.56. The SMILES string of the molecule is CCC(CC)Nc1cc(C)ncc1C(=O)O. The van der Waals surface area contributed by atoms with Crippen LogP contribution in [0.25, 0.3) is 0 Å². The Morgan fingerprint density at radius 2 is 2.12 bits per heavy atom. The summed E-state index contributed by atoms with van der Waals surface area (Å²) in [5.41, 5.74) is 1.71. The molecule has 1 aromatic rings. The Bertz CT molecular complexity index is 373. The van der Waals surface area contributed by atoms with Gasteiger partial charge in [0.25, 0.3) is 0 Å². The van der Waals surface area contributed by atoms with E-state index in [1.807, 2.05) is 6.92 Å². The van der Waals surface area contributed by atoms with Crippen LogP contribution in [0.4, 0.5) is 5.69 Å². The Morgan fingerprint density at radius 1 is 1.50 bits per heavy atom. The van der Waals surface area contributed by atoms with Crippen LogP contribution < -0.4 is 5.32 Å². The van der Waals surface area contributed by atoms with Crippen molar-refractivity contribution in [1.29, 1.82) is 0 Å². The number of carbonyl (C=O) groups is 1. The molecule has 0 amide bonds. The van der Waals surface area contributed by atoms with E-state index in [0.717, 1.165) is 18.5 Å². The highest BCUT2D eigenvalue weighted by molar-refractivity contribution is 5.93. The van der Waals surface area contributed by atoms with Crippen molar-refractivity contribution in [2.24, 2.45) is 0 Å². The summed E-state index contributed by atoms with van der Waals surface area (Å²) in [5, 5.41) is 12.3. The molecule has 1 heterocycles. The standard InChI is InChI=1S/C12H18N2O2/c1-4-9(5-2)14-11-6-8(3)13-7-10(11)12(15)16/h6-7,9H,4-5H2,1-3H3,(H,13,14)(H,15,16). The number of nitrogens with zero attached hydrogens (tertiary/aromatic N) is 1. The van der Waals surface area contributed by atoms with E-state index in [4.69, 9.17) is 5.11 Å². The van der Waals surface area contributed by atoms with Gasteiger partial charge in [0.15, 0.2) is 0 Å². The molecule has 0 fully saturated rings. The lowest BCUT2D eigenvalue weighted by molar-refractivity contribution is 0.0697. The molecule has 0 aliphatic heterocycles.